The second-order valence-corrected chi connectivity index (χ2v) is 12.8. The first kappa shape index (κ1) is 35.6. The Labute approximate surface area is 254 Å². The third kappa shape index (κ3) is 9.45. The molecule has 0 aliphatic carbocycles. The molecule has 233 valence electrons. The van der Waals surface area contributed by atoms with Gasteiger partial charge in [-0.3, -0.25) is 0 Å². The Balaban J connectivity index is 2.19. The van der Waals surface area contributed by atoms with Crippen molar-refractivity contribution in [1.29, 1.82) is 0 Å². The molecule has 2 heterocycles. The van der Waals surface area contributed by atoms with E-state index in [0.717, 1.165) is 6.42 Å². The summed E-state index contributed by atoms with van der Waals surface area (Å²) in [6, 6.07) is -0.00244. The molecular weight excluding hydrogens is 563 g/mol. The van der Waals surface area contributed by atoms with Crippen molar-refractivity contribution in [1.82, 2.24) is 14.9 Å². The Morgan fingerprint density at radius 2 is 1.73 bits per heavy atom. The number of hydrogen-bond acceptors (Lipinski definition) is 7. The van der Waals surface area contributed by atoms with E-state index in [1.165, 1.54) is 10.8 Å². The summed E-state index contributed by atoms with van der Waals surface area (Å²) in [7, 11) is 0. The Morgan fingerprint density at radius 3 is 2.32 bits per heavy atom. The van der Waals surface area contributed by atoms with Crippen molar-refractivity contribution in [3.05, 3.63) is 32.6 Å². The molecule has 0 aromatic carbocycles. The number of ether oxygens (including phenoxy) is 2. The van der Waals surface area contributed by atoms with Crippen LogP contribution in [0.3, 0.4) is 0 Å². The topological polar surface area (TPSA) is 124 Å². The van der Waals surface area contributed by atoms with Crippen molar-refractivity contribution in [2.45, 2.75) is 107 Å². The van der Waals surface area contributed by atoms with Crippen molar-refractivity contribution >= 4 is 5.91 Å². The van der Waals surface area contributed by atoms with Crippen LogP contribution in [0.1, 0.15) is 86.9 Å². The summed E-state index contributed by atoms with van der Waals surface area (Å²) in [5, 5.41) is 3.35. The summed E-state index contributed by atoms with van der Waals surface area (Å²) in [4.78, 5) is 45.2. The molecule has 0 saturated carbocycles. The maximum absolute atomic E-state index is 13.4. The smallest absolute Gasteiger partial charge is 0.0625 e. The van der Waals surface area contributed by atoms with E-state index in [-0.39, 0.29) is 37.0 Å². The zero-order valence-corrected chi connectivity index (χ0v) is 27.9. The number of amides is 1. The van der Waals surface area contributed by atoms with Gasteiger partial charge in [-0.05, 0) is 17.8 Å². The van der Waals surface area contributed by atoms with Crippen LogP contribution < -0.4 is 16.6 Å². The van der Waals surface area contributed by atoms with Crippen molar-refractivity contribution in [3.8, 4) is 0 Å². The van der Waals surface area contributed by atoms with Gasteiger partial charge < -0.3 is 0 Å². The van der Waals surface area contributed by atoms with E-state index in [9.17, 15) is 14.4 Å². The van der Waals surface area contributed by atoms with Gasteiger partial charge in [-0.25, -0.2) is 0 Å². The zero-order valence-electron chi connectivity index (χ0n) is 26.5. The zero-order chi connectivity index (χ0) is 31.0. The van der Waals surface area contributed by atoms with E-state index in [4.69, 9.17) is 14.3 Å². The molecule has 2 N–H and O–H groups in total. The second kappa shape index (κ2) is 16.3. The molecule has 1 aliphatic rings. The number of aryl methyl sites for hydroxylation is 1. The normalized spacial score (nSPS) is 24.3. The van der Waals surface area contributed by atoms with Crippen LogP contribution in [0.5, 0.6) is 0 Å². The van der Waals surface area contributed by atoms with Gasteiger partial charge in [0.05, 0.1) is 0 Å². The van der Waals surface area contributed by atoms with Gasteiger partial charge in [0.15, 0.2) is 0 Å². The van der Waals surface area contributed by atoms with Gasteiger partial charge in [-0.1, -0.05) is 54.9 Å². The van der Waals surface area contributed by atoms with Gasteiger partial charge in [-0.15, -0.1) is 0 Å². The van der Waals surface area contributed by atoms with Crippen LogP contribution in [0.4, 0.5) is 0 Å². The average Bonchev–Trinajstić information content (AvgIpc) is 3.35. The summed E-state index contributed by atoms with van der Waals surface area (Å²) in [6.07, 6.45) is 1.15. The SMILES string of the molecule is CCC(C)C(C)C(C)C(NC(=O)COC1CC(n2cc(C)c(=O)[nH]c2=O)OC1CO[N]=[V])C(C)C(C)C(C)C(C)C. The second-order valence-electron chi connectivity index (χ2n) is 12.6. The molecule has 2 rings (SSSR count). The van der Waals surface area contributed by atoms with Crippen molar-refractivity contribution in [2.75, 3.05) is 13.2 Å². The first-order valence-electron chi connectivity index (χ1n) is 15.1. The molecule has 1 aliphatic heterocycles. The summed E-state index contributed by atoms with van der Waals surface area (Å²) in [5.74, 6) is 2.86. The fourth-order valence-corrected chi connectivity index (χ4v) is 5.99. The van der Waals surface area contributed by atoms with E-state index in [1.54, 1.807) is 6.92 Å². The number of H-pyrrole nitrogens is 1. The van der Waals surface area contributed by atoms with Gasteiger partial charge in [0.1, 0.15) is 0 Å². The number of carbonyl (C=O) groups is 1. The Bertz CT molecular complexity index is 1110. The molecule has 10 atom stereocenters. The first-order valence-corrected chi connectivity index (χ1v) is 15.7. The number of rotatable bonds is 16. The average molecular weight is 616 g/mol. The third-order valence-electron chi connectivity index (χ3n) is 9.90. The van der Waals surface area contributed by atoms with Crippen molar-refractivity contribution < 1.29 is 36.3 Å². The summed E-state index contributed by atoms with van der Waals surface area (Å²) >= 11 is 1.98. The minimum Gasteiger partial charge on any atom is -0.0625 e. The quantitative estimate of drug-likeness (QED) is 0.263. The van der Waals surface area contributed by atoms with Crippen LogP contribution in [-0.2, 0) is 36.3 Å². The maximum atomic E-state index is 13.4. The number of carbonyl (C=O) groups excluding carboxylic acids is 1. The molecule has 1 aromatic rings. The number of nitrogens with one attached hydrogen (secondary N) is 2. The van der Waals surface area contributed by atoms with Crippen molar-refractivity contribution in [3.63, 3.8) is 0 Å². The number of aromatic nitrogens is 2. The van der Waals surface area contributed by atoms with E-state index in [0.29, 0.717) is 41.6 Å². The molecular formula is C30H52N4O6V. The third-order valence-corrected chi connectivity index (χ3v) is 10.1. The predicted octanol–water partition coefficient (Wildman–Crippen LogP) is 4.55. The Hall–Kier alpha value is -1.59. The fourth-order valence-electron chi connectivity index (χ4n) is 5.89. The number of nitrogens with zero attached hydrogens (tertiary/aromatic N) is 2. The molecule has 1 fully saturated rings. The molecule has 10 nitrogen and oxygen atoms in total. The molecule has 1 amide bonds. The summed E-state index contributed by atoms with van der Waals surface area (Å²) in [6.45, 7) is 22.0. The Morgan fingerprint density at radius 1 is 1.10 bits per heavy atom. The van der Waals surface area contributed by atoms with Crippen LogP contribution in [-0.4, -0.2) is 46.9 Å². The Kier molecular flexibility index (Phi) is 14.2. The van der Waals surface area contributed by atoms with E-state index in [1.807, 2.05) is 17.2 Å². The standard InChI is InChI=1S/C30H52N4O6.V/c1-11-17(4)20(7)22(9)28(23(10)21(8)19(6)16(2)3)32-26(35)15-38-24-12-27(40-25(24)14-39-31)34-13-18(5)29(36)33-30(34)37;/h13,16-17,19-25,27-28H,11-12,14-15H2,1-10H3,(H,32,35)(H,33,36,37);. The van der Waals surface area contributed by atoms with Gasteiger partial charge in [-0.2, -0.15) is 0 Å². The van der Waals surface area contributed by atoms with Crippen LogP contribution in [0.2, 0.25) is 0 Å². The molecule has 41 heavy (non-hydrogen) atoms. The van der Waals surface area contributed by atoms with Gasteiger partial charge in [0, 0.05) is 0 Å². The van der Waals surface area contributed by atoms with Gasteiger partial charge in [0.2, 0.25) is 0 Å². The van der Waals surface area contributed by atoms with Crippen LogP contribution in [0.15, 0.2) is 19.7 Å². The molecule has 0 spiro atoms. The molecule has 0 radical (unpaired) electrons. The molecule has 1 saturated heterocycles. The minimum atomic E-state index is -0.673. The number of hydrogen-bond donors (Lipinski definition) is 2. The summed E-state index contributed by atoms with van der Waals surface area (Å²) < 4.78 is 17.2. The predicted molar refractivity (Wildman–Crippen MR) is 155 cm³/mol. The molecule has 10 unspecified atom stereocenters. The van der Waals surface area contributed by atoms with Crippen LogP contribution in [0.25, 0.3) is 0 Å². The van der Waals surface area contributed by atoms with E-state index in [2.05, 4.69) is 76.6 Å². The first-order chi connectivity index (χ1) is 19.2. The minimum absolute atomic E-state index is 0.00244. The van der Waals surface area contributed by atoms with Crippen LogP contribution in [0, 0.1) is 48.3 Å². The molecule has 0 bridgehead atoms. The van der Waals surface area contributed by atoms with Gasteiger partial charge in [0.25, 0.3) is 0 Å². The van der Waals surface area contributed by atoms with Crippen molar-refractivity contribution in [2.24, 2.45) is 45.4 Å². The summed E-state index contributed by atoms with van der Waals surface area (Å²) in [5.41, 5.74) is -0.604. The molecule has 1 aromatic heterocycles. The number of aromatic amines is 1. The van der Waals surface area contributed by atoms with E-state index >= 15 is 0 Å². The fraction of sp³-hybridized carbons (Fsp3) is 0.833. The monoisotopic (exact) mass is 615 g/mol. The van der Waals surface area contributed by atoms with Gasteiger partial charge >= 0.3 is 182 Å². The molecule has 11 heteroatoms. The van der Waals surface area contributed by atoms with E-state index < -0.39 is 29.7 Å². The van der Waals surface area contributed by atoms with Crippen LogP contribution >= 0.6 is 0 Å².